The van der Waals surface area contributed by atoms with E-state index in [1.54, 1.807) is 17.0 Å². The smallest absolute Gasteiger partial charge is 0.242 e. The number of hydrogen-bond donors (Lipinski definition) is 1. The fourth-order valence-electron chi connectivity index (χ4n) is 2.96. The predicted octanol–water partition coefficient (Wildman–Crippen LogP) is 4.66. The first-order valence-corrected chi connectivity index (χ1v) is 11.1. The molecule has 2 rings (SSSR count). The molecule has 4 nitrogen and oxygen atoms in total. The molecule has 7 heteroatoms. The van der Waals surface area contributed by atoms with Crippen molar-refractivity contribution in [2.45, 2.75) is 38.6 Å². The van der Waals surface area contributed by atoms with Gasteiger partial charge in [0.1, 0.15) is 11.9 Å². The van der Waals surface area contributed by atoms with Crippen LogP contribution in [0.3, 0.4) is 0 Å². The number of amides is 2. The SMILES string of the molecule is CCNC(=O)C(CC)N(Cc1ccc(F)cc1)C(=O)CSCc1cccc(Cl)c1. The minimum Gasteiger partial charge on any atom is -0.355 e. The van der Waals surface area contributed by atoms with E-state index in [0.717, 1.165) is 11.1 Å². The van der Waals surface area contributed by atoms with Crippen molar-refractivity contribution in [1.29, 1.82) is 0 Å². The second-order valence-electron chi connectivity index (χ2n) is 6.59. The molecule has 156 valence electrons. The van der Waals surface area contributed by atoms with E-state index in [1.165, 1.54) is 23.9 Å². The highest BCUT2D eigenvalue weighted by Crippen LogP contribution is 2.19. The summed E-state index contributed by atoms with van der Waals surface area (Å²) in [7, 11) is 0. The zero-order chi connectivity index (χ0) is 21.2. The fraction of sp³-hybridized carbons (Fsp3) is 0.364. The molecule has 0 bridgehead atoms. The fourth-order valence-corrected chi connectivity index (χ4v) is 4.03. The van der Waals surface area contributed by atoms with Crippen LogP contribution in [0, 0.1) is 5.82 Å². The molecule has 0 saturated carbocycles. The number of halogens is 2. The van der Waals surface area contributed by atoms with Crippen LogP contribution in [-0.2, 0) is 21.9 Å². The lowest BCUT2D eigenvalue weighted by atomic mass is 10.1. The van der Waals surface area contributed by atoms with Crippen molar-refractivity contribution in [3.05, 3.63) is 70.5 Å². The van der Waals surface area contributed by atoms with Crippen LogP contribution < -0.4 is 5.32 Å². The Balaban J connectivity index is 2.10. The first-order valence-electron chi connectivity index (χ1n) is 9.58. The first-order chi connectivity index (χ1) is 13.9. The normalized spacial score (nSPS) is 11.7. The van der Waals surface area contributed by atoms with Gasteiger partial charge >= 0.3 is 0 Å². The van der Waals surface area contributed by atoms with E-state index >= 15 is 0 Å². The molecule has 1 atom stereocenters. The first kappa shape index (κ1) is 23.2. The average molecular weight is 437 g/mol. The van der Waals surface area contributed by atoms with Gasteiger partial charge in [0.2, 0.25) is 11.8 Å². The molecule has 29 heavy (non-hydrogen) atoms. The summed E-state index contributed by atoms with van der Waals surface area (Å²) in [5.74, 6) is 0.252. The maximum atomic E-state index is 13.2. The van der Waals surface area contributed by atoms with Gasteiger partial charge in [0.15, 0.2) is 0 Å². The monoisotopic (exact) mass is 436 g/mol. The van der Waals surface area contributed by atoms with Crippen molar-refractivity contribution in [2.24, 2.45) is 0 Å². The van der Waals surface area contributed by atoms with Crippen LogP contribution in [-0.4, -0.2) is 35.1 Å². The lowest BCUT2D eigenvalue weighted by Crippen LogP contribution is -2.49. The molecule has 0 aliphatic carbocycles. The quantitative estimate of drug-likeness (QED) is 0.589. The maximum absolute atomic E-state index is 13.2. The number of hydrogen-bond acceptors (Lipinski definition) is 3. The Labute approximate surface area is 180 Å². The zero-order valence-corrected chi connectivity index (χ0v) is 18.2. The van der Waals surface area contributed by atoms with Gasteiger partial charge in [-0.3, -0.25) is 9.59 Å². The number of nitrogens with one attached hydrogen (secondary N) is 1. The summed E-state index contributed by atoms with van der Waals surface area (Å²) in [4.78, 5) is 27.1. The van der Waals surface area contributed by atoms with E-state index in [-0.39, 0.29) is 29.9 Å². The summed E-state index contributed by atoms with van der Waals surface area (Å²) < 4.78 is 13.2. The van der Waals surface area contributed by atoms with Gasteiger partial charge in [-0.1, -0.05) is 42.8 Å². The molecule has 0 spiro atoms. The van der Waals surface area contributed by atoms with E-state index in [4.69, 9.17) is 11.6 Å². The Morgan fingerprint density at radius 2 is 1.86 bits per heavy atom. The van der Waals surface area contributed by atoms with Crippen molar-refractivity contribution in [1.82, 2.24) is 10.2 Å². The number of rotatable bonds is 10. The Bertz CT molecular complexity index is 817. The molecule has 0 aliphatic rings. The van der Waals surface area contributed by atoms with Crippen LogP contribution in [0.15, 0.2) is 48.5 Å². The Morgan fingerprint density at radius 1 is 1.14 bits per heavy atom. The summed E-state index contributed by atoms with van der Waals surface area (Å²) in [6, 6.07) is 12.9. The summed E-state index contributed by atoms with van der Waals surface area (Å²) in [6.45, 7) is 4.48. The second kappa shape index (κ2) is 11.8. The molecule has 1 N–H and O–H groups in total. The molecular weight excluding hydrogens is 411 g/mol. The number of nitrogens with zero attached hydrogens (tertiary/aromatic N) is 1. The van der Waals surface area contributed by atoms with Crippen LogP contribution in [0.25, 0.3) is 0 Å². The highest BCUT2D eigenvalue weighted by molar-refractivity contribution is 7.99. The van der Waals surface area contributed by atoms with Crippen LogP contribution in [0.4, 0.5) is 4.39 Å². The summed E-state index contributed by atoms with van der Waals surface area (Å²) >= 11 is 7.48. The Kier molecular flexibility index (Phi) is 9.48. The standard InChI is InChI=1S/C22H26ClFN2O2S/c1-3-20(22(28)25-4-2)26(13-16-8-10-19(24)11-9-16)21(27)15-29-14-17-6-5-7-18(23)12-17/h5-12,20H,3-4,13-15H2,1-2H3,(H,25,28). The maximum Gasteiger partial charge on any atom is 0.242 e. The van der Waals surface area contributed by atoms with Crippen molar-refractivity contribution in [2.75, 3.05) is 12.3 Å². The summed E-state index contributed by atoms with van der Waals surface area (Å²) in [5.41, 5.74) is 1.82. The summed E-state index contributed by atoms with van der Waals surface area (Å²) in [6.07, 6.45) is 0.498. The molecular formula is C22H26ClFN2O2S. The van der Waals surface area contributed by atoms with E-state index in [1.807, 2.05) is 38.1 Å². The lowest BCUT2D eigenvalue weighted by molar-refractivity contribution is -0.139. The van der Waals surface area contributed by atoms with Gasteiger partial charge in [0.05, 0.1) is 5.75 Å². The number of benzene rings is 2. The van der Waals surface area contributed by atoms with Gasteiger partial charge in [-0.25, -0.2) is 4.39 Å². The third-order valence-electron chi connectivity index (χ3n) is 4.39. The molecule has 0 heterocycles. The highest BCUT2D eigenvalue weighted by Gasteiger charge is 2.28. The second-order valence-corrected chi connectivity index (χ2v) is 8.01. The zero-order valence-electron chi connectivity index (χ0n) is 16.7. The van der Waals surface area contributed by atoms with Gasteiger partial charge in [0, 0.05) is 23.9 Å². The van der Waals surface area contributed by atoms with Crippen LogP contribution in [0.2, 0.25) is 5.02 Å². The molecule has 2 aromatic carbocycles. The minimum atomic E-state index is -0.570. The highest BCUT2D eigenvalue weighted by atomic mass is 35.5. The number of carbonyl (C=O) groups is 2. The van der Waals surface area contributed by atoms with E-state index in [0.29, 0.717) is 23.7 Å². The molecule has 2 amide bonds. The van der Waals surface area contributed by atoms with E-state index < -0.39 is 6.04 Å². The molecule has 0 saturated heterocycles. The van der Waals surface area contributed by atoms with Gasteiger partial charge in [0.25, 0.3) is 0 Å². The van der Waals surface area contributed by atoms with Crippen LogP contribution in [0.1, 0.15) is 31.4 Å². The molecule has 1 unspecified atom stereocenters. The van der Waals surface area contributed by atoms with E-state index in [9.17, 15) is 14.0 Å². The van der Waals surface area contributed by atoms with Gasteiger partial charge in [-0.2, -0.15) is 0 Å². The minimum absolute atomic E-state index is 0.126. The number of carbonyl (C=O) groups excluding carboxylic acids is 2. The van der Waals surface area contributed by atoms with Crippen molar-refractivity contribution in [3.63, 3.8) is 0 Å². The van der Waals surface area contributed by atoms with Gasteiger partial charge in [-0.15, -0.1) is 11.8 Å². The topological polar surface area (TPSA) is 49.4 Å². The number of likely N-dealkylation sites (N-methyl/N-ethyl adjacent to an activating group) is 1. The molecule has 0 radical (unpaired) electrons. The van der Waals surface area contributed by atoms with Crippen molar-refractivity contribution in [3.8, 4) is 0 Å². The van der Waals surface area contributed by atoms with Crippen LogP contribution >= 0.6 is 23.4 Å². The van der Waals surface area contributed by atoms with Crippen LogP contribution in [0.5, 0.6) is 0 Å². The molecule has 0 aliphatic heterocycles. The largest absolute Gasteiger partial charge is 0.355 e. The predicted molar refractivity (Wildman–Crippen MR) is 117 cm³/mol. The third kappa shape index (κ3) is 7.37. The number of thioether (sulfide) groups is 1. The Hall–Kier alpha value is -2.05. The lowest BCUT2D eigenvalue weighted by Gasteiger charge is -2.30. The van der Waals surface area contributed by atoms with Gasteiger partial charge < -0.3 is 10.2 Å². The van der Waals surface area contributed by atoms with Crippen molar-refractivity contribution < 1.29 is 14.0 Å². The average Bonchev–Trinajstić information content (AvgIpc) is 2.69. The van der Waals surface area contributed by atoms with Crippen molar-refractivity contribution >= 4 is 35.2 Å². The molecule has 2 aromatic rings. The third-order valence-corrected chi connectivity index (χ3v) is 5.61. The van der Waals surface area contributed by atoms with E-state index in [2.05, 4.69) is 5.32 Å². The Morgan fingerprint density at radius 3 is 2.48 bits per heavy atom. The molecule has 0 aromatic heterocycles. The summed E-state index contributed by atoms with van der Waals surface area (Å²) in [5, 5.41) is 3.46. The van der Waals surface area contributed by atoms with Gasteiger partial charge in [-0.05, 0) is 48.7 Å². The molecule has 0 fully saturated rings.